The number of rotatable bonds is 3. The summed E-state index contributed by atoms with van der Waals surface area (Å²) in [6.45, 7) is 0.571. The van der Waals surface area contributed by atoms with Crippen molar-refractivity contribution in [3.8, 4) is 0 Å². The average molecular weight is 326 g/mol. The molecule has 1 saturated carbocycles. The Morgan fingerprint density at radius 1 is 1.00 bits per heavy atom. The lowest BCUT2D eigenvalue weighted by atomic mass is 9.85. The lowest BCUT2D eigenvalue weighted by molar-refractivity contribution is -0.182. The largest absolute Gasteiger partial charge is 0.391 e. The molecule has 2 rings (SSSR count). The molecule has 0 aliphatic heterocycles. The van der Waals surface area contributed by atoms with Gasteiger partial charge in [-0.2, -0.15) is 13.2 Å². The summed E-state index contributed by atoms with van der Waals surface area (Å²) in [4.78, 5) is 0. The predicted octanol–water partition coefficient (Wildman–Crippen LogP) is 5.20. The molecule has 0 amide bonds. The van der Waals surface area contributed by atoms with E-state index < -0.39 is 12.1 Å². The molecular formula is C14H16Cl2F3N. The van der Waals surface area contributed by atoms with Gasteiger partial charge in [0.25, 0.3) is 0 Å². The second kappa shape index (κ2) is 6.54. The Labute approximate surface area is 126 Å². The van der Waals surface area contributed by atoms with E-state index in [0.29, 0.717) is 29.4 Å². The molecule has 0 atom stereocenters. The first kappa shape index (κ1) is 15.9. The molecule has 0 unspecified atom stereocenters. The van der Waals surface area contributed by atoms with Gasteiger partial charge in [0.05, 0.1) is 5.92 Å². The van der Waals surface area contributed by atoms with Gasteiger partial charge < -0.3 is 5.32 Å². The van der Waals surface area contributed by atoms with Gasteiger partial charge in [-0.15, -0.1) is 0 Å². The molecule has 1 fully saturated rings. The van der Waals surface area contributed by atoms with Crippen LogP contribution < -0.4 is 5.32 Å². The molecular weight excluding hydrogens is 310 g/mol. The molecule has 1 aliphatic rings. The molecule has 0 spiro atoms. The van der Waals surface area contributed by atoms with Crippen LogP contribution in [0.15, 0.2) is 18.2 Å². The number of alkyl halides is 3. The first-order chi connectivity index (χ1) is 9.34. The zero-order valence-electron chi connectivity index (χ0n) is 10.8. The number of benzene rings is 1. The highest BCUT2D eigenvalue weighted by atomic mass is 35.5. The van der Waals surface area contributed by atoms with Crippen molar-refractivity contribution in [1.82, 2.24) is 5.32 Å². The molecule has 0 bridgehead atoms. The summed E-state index contributed by atoms with van der Waals surface area (Å²) in [5.41, 5.74) is 0.945. The number of hydrogen-bond acceptors (Lipinski definition) is 1. The molecule has 1 N–H and O–H groups in total. The fourth-order valence-corrected chi connectivity index (χ4v) is 3.17. The summed E-state index contributed by atoms with van der Waals surface area (Å²) in [7, 11) is 0. The first-order valence-corrected chi connectivity index (χ1v) is 7.35. The minimum absolute atomic E-state index is 0.131. The second-order valence-corrected chi connectivity index (χ2v) is 6.12. The van der Waals surface area contributed by atoms with Gasteiger partial charge in [0.15, 0.2) is 0 Å². The third kappa shape index (κ3) is 4.54. The third-order valence-corrected chi connectivity index (χ3v) is 4.14. The maximum atomic E-state index is 12.6. The van der Waals surface area contributed by atoms with E-state index in [2.05, 4.69) is 5.32 Å². The van der Waals surface area contributed by atoms with Crippen LogP contribution in [0.2, 0.25) is 10.0 Å². The van der Waals surface area contributed by atoms with E-state index in [1.807, 2.05) is 12.1 Å². The molecule has 1 nitrogen and oxygen atoms in total. The van der Waals surface area contributed by atoms with Crippen LogP contribution in [0.1, 0.15) is 31.2 Å². The minimum atomic E-state index is -4.05. The Morgan fingerprint density at radius 3 is 2.05 bits per heavy atom. The smallest absolute Gasteiger partial charge is 0.310 e. The lowest BCUT2D eigenvalue weighted by Gasteiger charge is -2.30. The third-order valence-electron chi connectivity index (χ3n) is 3.71. The summed E-state index contributed by atoms with van der Waals surface area (Å²) in [5.74, 6) is -1.14. The Morgan fingerprint density at radius 2 is 1.55 bits per heavy atom. The number of nitrogens with one attached hydrogen (secondary N) is 1. The Bertz CT molecular complexity index is 434. The quantitative estimate of drug-likeness (QED) is 0.804. The van der Waals surface area contributed by atoms with E-state index in [1.165, 1.54) is 0 Å². The molecule has 1 aromatic rings. The monoisotopic (exact) mass is 325 g/mol. The van der Waals surface area contributed by atoms with Gasteiger partial charge in [0, 0.05) is 22.6 Å². The van der Waals surface area contributed by atoms with Gasteiger partial charge in [-0.25, -0.2) is 0 Å². The van der Waals surface area contributed by atoms with Crippen molar-refractivity contribution in [2.75, 3.05) is 0 Å². The van der Waals surface area contributed by atoms with Gasteiger partial charge in [0.2, 0.25) is 0 Å². The summed E-state index contributed by atoms with van der Waals surface area (Å²) < 4.78 is 37.7. The predicted molar refractivity (Wildman–Crippen MR) is 75.1 cm³/mol. The Kier molecular flexibility index (Phi) is 5.21. The summed E-state index contributed by atoms with van der Waals surface area (Å²) in [6.07, 6.45) is -2.53. The maximum absolute atomic E-state index is 12.6. The molecule has 0 saturated heterocycles. The standard InChI is InChI=1S/C14H16Cl2F3N/c15-11-5-9(6-12(16)7-11)8-20-13-3-1-10(2-4-13)14(17,18)19/h5-7,10,13,20H,1-4,8H2. The van der Waals surface area contributed by atoms with Crippen molar-refractivity contribution in [3.05, 3.63) is 33.8 Å². The van der Waals surface area contributed by atoms with Crippen molar-refractivity contribution in [2.45, 2.75) is 44.4 Å². The Balaban J connectivity index is 1.81. The summed E-state index contributed by atoms with van der Waals surface area (Å²) >= 11 is 11.8. The highest BCUT2D eigenvalue weighted by Gasteiger charge is 2.41. The van der Waals surface area contributed by atoms with E-state index in [0.717, 1.165) is 5.56 Å². The number of hydrogen-bond donors (Lipinski definition) is 1. The fourth-order valence-electron chi connectivity index (χ4n) is 2.60. The molecule has 112 valence electrons. The zero-order chi connectivity index (χ0) is 14.8. The number of halogens is 5. The van der Waals surface area contributed by atoms with E-state index in [1.54, 1.807) is 6.07 Å². The van der Waals surface area contributed by atoms with E-state index >= 15 is 0 Å². The zero-order valence-corrected chi connectivity index (χ0v) is 12.3. The molecule has 0 heterocycles. The van der Waals surface area contributed by atoms with Gasteiger partial charge in [-0.05, 0) is 49.4 Å². The SMILES string of the molecule is FC(F)(F)C1CCC(NCc2cc(Cl)cc(Cl)c2)CC1. The Hall–Kier alpha value is -0.450. The van der Waals surface area contributed by atoms with Crippen molar-refractivity contribution in [1.29, 1.82) is 0 Å². The van der Waals surface area contributed by atoms with Crippen LogP contribution in [-0.4, -0.2) is 12.2 Å². The van der Waals surface area contributed by atoms with E-state index in [4.69, 9.17) is 23.2 Å². The normalized spacial score (nSPS) is 23.9. The van der Waals surface area contributed by atoms with Gasteiger partial charge >= 0.3 is 6.18 Å². The highest BCUT2D eigenvalue weighted by Crippen LogP contribution is 2.37. The van der Waals surface area contributed by atoms with Gasteiger partial charge in [-0.1, -0.05) is 23.2 Å². The van der Waals surface area contributed by atoms with Crippen molar-refractivity contribution in [2.24, 2.45) is 5.92 Å². The topological polar surface area (TPSA) is 12.0 Å². The van der Waals surface area contributed by atoms with E-state index in [9.17, 15) is 13.2 Å². The van der Waals surface area contributed by atoms with E-state index in [-0.39, 0.29) is 18.9 Å². The van der Waals surface area contributed by atoms with Crippen LogP contribution in [0.3, 0.4) is 0 Å². The van der Waals surface area contributed by atoms with Crippen molar-refractivity contribution < 1.29 is 13.2 Å². The molecule has 0 aromatic heterocycles. The molecule has 6 heteroatoms. The van der Waals surface area contributed by atoms with Gasteiger partial charge in [0.1, 0.15) is 0 Å². The molecule has 1 aromatic carbocycles. The fraction of sp³-hybridized carbons (Fsp3) is 0.571. The molecule has 1 aliphatic carbocycles. The summed E-state index contributed by atoms with van der Waals surface area (Å²) in [5, 5.41) is 4.41. The van der Waals surface area contributed by atoms with Gasteiger partial charge in [-0.3, -0.25) is 0 Å². The maximum Gasteiger partial charge on any atom is 0.391 e. The van der Waals surface area contributed by atoms with Crippen LogP contribution in [-0.2, 0) is 6.54 Å². The molecule has 20 heavy (non-hydrogen) atoms. The van der Waals surface area contributed by atoms with Crippen LogP contribution in [0, 0.1) is 5.92 Å². The van der Waals surface area contributed by atoms with Crippen molar-refractivity contribution in [3.63, 3.8) is 0 Å². The van der Waals surface area contributed by atoms with Crippen LogP contribution in [0.4, 0.5) is 13.2 Å². The second-order valence-electron chi connectivity index (χ2n) is 5.25. The minimum Gasteiger partial charge on any atom is -0.310 e. The van der Waals surface area contributed by atoms with Crippen LogP contribution in [0.25, 0.3) is 0 Å². The van der Waals surface area contributed by atoms with Crippen LogP contribution in [0.5, 0.6) is 0 Å². The first-order valence-electron chi connectivity index (χ1n) is 6.59. The average Bonchev–Trinajstić information content (AvgIpc) is 2.35. The van der Waals surface area contributed by atoms with Crippen molar-refractivity contribution >= 4 is 23.2 Å². The van der Waals surface area contributed by atoms with Crippen LogP contribution >= 0.6 is 23.2 Å². The highest BCUT2D eigenvalue weighted by molar-refractivity contribution is 6.34. The molecule has 0 radical (unpaired) electrons. The summed E-state index contributed by atoms with van der Waals surface area (Å²) in [6, 6.07) is 5.40. The lowest BCUT2D eigenvalue weighted by Crippen LogP contribution is -2.36.